The first-order chi connectivity index (χ1) is 15.2. The lowest BCUT2D eigenvalue weighted by atomic mass is 10.0. The molecule has 0 aromatic carbocycles. The van der Waals surface area contributed by atoms with Crippen molar-refractivity contribution in [3.63, 3.8) is 0 Å². The number of allylic oxidation sites excluding steroid dienone is 2. The second-order valence-electron chi connectivity index (χ2n) is 8.42. The zero-order valence-electron chi connectivity index (χ0n) is 20.1. The van der Waals surface area contributed by atoms with Gasteiger partial charge in [-0.25, -0.2) is 0 Å². The third kappa shape index (κ3) is 11.8. The van der Waals surface area contributed by atoms with Gasteiger partial charge in [-0.3, -0.25) is 9.59 Å². The molecule has 0 amide bonds. The van der Waals surface area contributed by atoms with E-state index < -0.39 is 0 Å². The van der Waals surface area contributed by atoms with Crippen molar-refractivity contribution in [3.8, 4) is 0 Å². The van der Waals surface area contributed by atoms with Crippen molar-refractivity contribution in [2.45, 2.75) is 110 Å². The molecule has 1 aliphatic rings. The summed E-state index contributed by atoms with van der Waals surface area (Å²) in [7, 11) is 2.77. The number of ketones is 2. The Morgan fingerprint density at radius 1 is 0.645 bits per heavy atom. The first kappa shape index (κ1) is 27.8. The average Bonchev–Trinajstić information content (AvgIpc) is 2.77. The highest BCUT2D eigenvalue weighted by atomic mass is 32.2. The zero-order valence-corrected chi connectivity index (χ0v) is 21.0. The van der Waals surface area contributed by atoms with Gasteiger partial charge in [-0.1, -0.05) is 103 Å². The molecule has 0 saturated carbocycles. The number of Topliss-reactive ketones (excluding diaryl/α,β-unsaturated/α-hetero) is 1. The van der Waals surface area contributed by atoms with Gasteiger partial charge in [0.05, 0.1) is 19.1 Å². The maximum atomic E-state index is 12.4. The van der Waals surface area contributed by atoms with Crippen molar-refractivity contribution in [3.05, 3.63) is 22.5 Å². The van der Waals surface area contributed by atoms with E-state index in [-0.39, 0.29) is 23.1 Å². The fourth-order valence-electron chi connectivity index (χ4n) is 3.90. The Hall–Kier alpha value is -1.23. The fourth-order valence-corrected chi connectivity index (χ4v) is 4.88. The first-order valence-electron chi connectivity index (χ1n) is 12.4. The summed E-state index contributed by atoms with van der Waals surface area (Å²) >= 11 is 1.45. The largest absolute Gasteiger partial charge is 0.490 e. The van der Waals surface area contributed by atoms with Gasteiger partial charge in [-0.05, 0) is 12.2 Å². The number of carbonyl (C=O) groups is 2. The molecule has 0 saturated heterocycles. The molecular weight excluding hydrogens is 408 g/mol. The molecule has 0 atom stereocenters. The third-order valence-electron chi connectivity index (χ3n) is 5.79. The minimum absolute atomic E-state index is 0.000686. The molecule has 0 aromatic heterocycles. The van der Waals surface area contributed by atoms with Crippen molar-refractivity contribution >= 4 is 23.3 Å². The van der Waals surface area contributed by atoms with Crippen LogP contribution in [-0.4, -0.2) is 31.5 Å². The van der Waals surface area contributed by atoms with Gasteiger partial charge >= 0.3 is 0 Å². The van der Waals surface area contributed by atoms with E-state index in [1.54, 1.807) is 0 Å². The number of rotatable bonds is 20. The molecule has 31 heavy (non-hydrogen) atoms. The predicted molar refractivity (Wildman–Crippen MR) is 131 cm³/mol. The molecule has 0 aliphatic heterocycles. The number of hydrogen-bond donors (Lipinski definition) is 0. The minimum atomic E-state index is -0.298. The summed E-state index contributed by atoms with van der Waals surface area (Å²) in [6, 6.07) is 0. The van der Waals surface area contributed by atoms with Crippen molar-refractivity contribution < 1.29 is 19.1 Å². The number of hydrogen-bond acceptors (Lipinski definition) is 5. The van der Waals surface area contributed by atoms with E-state index in [1.165, 1.54) is 128 Å². The van der Waals surface area contributed by atoms with Gasteiger partial charge in [-0.2, -0.15) is 0 Å². The van der Waals surface area contributed by atoms with Crippen LogP contribution in [0, 0.1) is 0 Å². The van der Waals surface area contributed by atoms with Gasteiger partial charge in [0.1, 0.15) is 0 Å². The van der Waals surface area contributed by atoms with Crippen LogP contribution in [0.15, 0.2) is 22.5 Å². The molecule has 0 fully saturated rings. The van der Waals surface area contributed by atoms with Crippen molar-refractivity contribution in [2.24, 2.45) is 0 Å². The number of thioether (sulfide) groups is 1. The van der Waals surface area contributed by atoms with E-state index in [4.69, 9.17) is 9.47 Å². The van der Waals surface area contributed by atoms with Crippen molar-refractivity contribution in [1.29, 1.82) is 0 Å². The number of unbranched alkanes of at least 4 members (excludes halogenated alkanes) is 15. The van der Waals surface area contributed by atoms with Gasteiger partial charge in [0.15, 0.2) is 0 Å². The van der Waals surface area contributed by atoms with Crippen LogP contribution >= 0.6 is 11.8 Å². The van der Waals surface area contributed by atoms with Crippen LogP contribution in [0.5, 0.6) is 0 Å². The van der Waals surface area contributed by atoms with Crippen LogP contribution in [-0.2, 0) is 19.1 Å². The highest BCUT2D eigenvalue weighted by molar-refractivity contribution is 8.04. The molecule has 0 aromatic rings. The van der Waals surface area contributed by atoms with E-state index in [0.29, 0.717) is 4.91 Å². The third-order valence-corrected chi connectivity index (χ3v) is 6.89. The lowest BCUT2D eigenvalue weighted by Crippen LogP contribution is -2.20. The lowest BCUT2D eigenvalue weighted by Gasteiger charge is -2.16. The SMILES string of the molecule is CCCCCCCCCCCCCCCCCCSC1=CC(=O)C(OC)=C(OC)C1=O. The maximum absolute atomic E-state index is 12.4. The molecule has 5 heteroatoms. The number of carbonyl (C=O) groups excluding carboxylic acids is 2. The smallest absolute Gasteiger partial charge is 0.238 e. The van der Waals surface area contributed by atoms with Gasteiger partial charge in [0.25, 0.3) is 0 Å². The Labute approximate surface area is 194 Å². The standard InChI is InChI=1S/C26H44O4S/c1-4-5-6-7-8-9-10-11-12-13-14-15-16-17-18-19-20-31-23-21-22(27)25(29-2)26(30-3)24(23)28/h21H,4-20H2,1-3H3. The van der Waals surface area contributed by atoms with Gasteiger partial charge in [-0.15, -0.1) is 11.8 Å². The maximum Gasteiger partial charge on any atom is 0.238 e. The molecule has 0 N–H and O–H groups in total. The van der Waals surface area contributed by atoms with Crippen LogP contribution < -0.4 is 0 Å². The van der Waals surface area contributed by atoms with Crippen LogP contribution in [0.4, 0.5) is 0 Å². The number of methoxy groups -OCH3 is 2. The molecule has 1 aliphatic carbocycles. The minimum Gasteiger partial charge on any atom is -0.490 e. The van der Waals surface area contributed by atoms with Crippen molar-refractivity contribution in [2.75, 3.05) is 20.0 Å². The lowest BCUT2D eigenvalue weighted by molar-refractivity contribution is -0.119. The van der Waals surface area contributed by atoms with Crippen LogP contribution in [0.3, 0.4) is 0 Å². The monoisotopic (exact) mass is 452 g/mol. The summed E-state index contributed by atoms with van der Waals surface area (Å²) in [4.78, 5) is 24.9. The quantitative estimate of drug-likeness (QED) is 0.141. The molecule has 0 radical (unpaired) electrons. The van der Waals surface area contributed by atoms with Crippen LogP contribution in [0.1, 0.15) is 110 Å². The molecule has 4 nitrogen and oxygen atoms in total. The molecule has 0 unspecified atom stereocenters. The predicted octanol–water partition coefficient (Wildman–Crippen LogP) is 7.52. The van der Waals surface area contributed by atoms with Crippen LogP contribution in [0.25, 0.3) is 0 Å². The van der Waals surface area contributed by atoms with Gasteiger partial charge < -0.3 is 9.47 Å². The Kier molecular flexibility index (Phi) is 16.5. The summed E-state index contributed by atoms with van der Waals surface area (Å²) in [6.45, 7) is 2.27. The molecule has 178 valence electrons. The summed E-state index contributed by atoms with van der Waals surface area (Å²) in [5.74, 6) is 0.320. The van der Waals surface area contributed by atoms with E-state index in [2.05, 4.69) is 6.92 Å². The zero-order chi connectivity index (χ0) is 22.7. The normalized spacial score (nSPS) is 14.2. The first-order valence-corrected chi connectivity index (χ1v) is 13.4. The van der Waals surface area contributed by atoms with E-state index in [1.807, 2.05) is 0 Å². The van der Waals surface area contributed by atoms with Gasteiger partial charge in [0, 0.05) is 6.08 Å². The summed E-state index contributed by atoms with van der Waals surface area (Å²) < 4.78 is 10.1. The second-order valence-corrected chi connectivity index (χ2v) is 9.56. The summed E-state index contributed by atoms with van der Waals surface area (Å²) in [6.07, 6.45) is 22.9. The van der Waals surface area contributed by atoms with E-state index >= 15 is 0 Å². The van der Waals surface area contributed by atoms with E-state index in [9.17, 15) is 9.59 Å². The average molecular weight is 453 g/mol. The number of ether oxygens (including phenoxy) is 2. The van der Waals surface area contributed by atoms with Crippen LogP contribution in [0.2, 0.25) is 0 Å². The highest BCUT2D eigenvalue weighted by Gasteiger charge is 2.30. The van der Waals surface area contributed by atoms with Gasteiger partial charge in [0.2, 0.25) is 23.1 Å². The summed E-state index contributed by atoms with van der Waals surface area (Å²) in [5.41, 5.74) is 0. The molecule has 0 spiro atoms. The Balaban J connectivity index is 1.94. The summed E-state index contributed by atoms with van der Waals surface area (Å²) in [5, 5.41) is 0. The molecule has 0 bridgehead atoms. The van der Waals surface area contributed by atoms with E-state index in [0.717, 1.165) is 12.2 Å². The Morgan fingerprint density at radius 3 is 1.48 bits per heavy atom. The molecule has 0 heterocycles. The topological polar surface area (TPSA) is 52.6 Å². The second kappa shape index (κ2) is 18.4. The Bertz CT molecular complexity index is 580. The fraction of sp³-hybridized carbons (Fsp3) is 0.769. The Morgan fingerprint density at radius 2 is 1.06 bits per heavy atom. The van der Waals surface area contributed by atoms with Crippen molar-refractivity contribution in [1.82, 2.24) is 0 Å². The molecular formula is C26H44O4S. The highest BCUT2D eigenvalue weighted by Crippen LogP contribution is 2.28. The molecule has 1 rings (SSSR count).